The van der Waals surface area contributed by atoms with Crippen molar-refractivity contribution < 1.29 is 0 Å². The van der Waals surface area contributed by atoms with Gasteiger partial charge in [0.1, 0.15) is 0 Å². The summed E-state index contributed by atoms with van der Waals surface area (Å²) in [7, 11) is 0. The first-order valence-corrected chi connectivity index (χ1v) is 8.68. The van der Waals surface area contributed by atoms with E-state index in [1.165, 1.54) is 10.5 Å². The Hall–Kier alpha value is -0.670. The normalized spacial score (nSPS) is 11.1. The highest BCUT2D eigenvalue weighted by Crippen LogP contribution is 2.31. The van der Waals surface area contributed by atoms with E-state index in [0.29, 0.717) is 6.04 Å². The summed E-state index contributed by atoms with van der Waals surface area (Å²) in [5.41, 5.74) is 2.29. The van der Waals surface area contributed by atoms with Gasteiger partial charge in [0.15, 0.2) is 0 Å². The molecule has 2 aromatic carbocycles. The summed E-state index contributed by atoms with van der Waals surface area (Å²) < 4.78 is 0. The van der Waals surface area contributed by atoms with Crippen molar-refractivity contribution >= 4 is 35.0 Å². The summed E-state index contributed by atoms with van der Waals surface area (Å²) in [4.78, 5) is 1.22. The molecule has 112 valence electrons. The largest absolute Gasteiger partial charge is 0.310 e. The van der Waals surface area contributed by atoms with E-state index in [1.807, 2.05) is 18.2 Å². The highest BCUT2D eigenvalue weighted by atomic mass is 35.5. The molecule has 0 aliphatic heterocycles. The molecule has 0 saturated heterocycles. The van der Waals surface area contributed by atoms with Gasteiger partial charge < -0.3 is 5.32 Å². The molecule has 0 unspecified atom stereocenters. The van der Waals surface area contributed by atoms with Crippen LogP contribution in [0.25, 0.3) is 0 Å². The van der Waals surface area contributed by atoms with Crippen molar-refractivity contribution in [2.24, 2.45) is 0 Å². The molecule has 0 fully saturated rings. The first-order chi connectivity index (χ1) is 10.1. The van der Waals surface area contributed by atoms with Gasteiger partial charge in [0, 0.05) is 33.3 Å². The molecule has 1 nitrogen and oxygen atoms in total. The van der Waals surface area contributed by atoms with Crippen LogP contribution in [0.1, 0.15) is 25.0 Å². The standard InChI is InChI=1S/C17H19Cl2NS/c1-12(2)20-10-13-6-8-14(9-7-13)21-11-15-16(18)4-3-5-17(15)19/h3-9,12,20H,10-11H2,1-2H3. The summed E-state index contributed by atoms with van der Waals surface area (Å²) in [6.45, 7) is 5.20. The van der Waals surface area contributed by atoms with Crippen LogP contribution in [0.2, 0.25) is 10.0 Å². The zero-order valence-corrected chi connectivity index (χ0v) is 14.5. The first-order valence-electron chi connectivity index (χ1n) is 6.94. The summed E-state index contributed by atoms with van der Waals surface area (Å²) >= 11 is 14.1. The highest BCUT2D eigenvalue weighted by molar-refractivity contribution is 7.98. The maximum atomic E-state index is 6.19. The van der Waals surface area contributed by atoms with Gasteiger partial charge in [-0.1, -0.05) is 55.2 Å². The van der Waals surface area contributed by atoms with Crippen LogP contribution in [0.4, 0.5) is 0 Å². The second-order valence-corrected chi connectivity index (χ2v) is 7.03. The van der Waals surface area contributed by atoms with Crippen molar-refractivity contribution in [2.75, 3.05) is 0 Å². The van der Waals surface area contributed by atoms with E-state index < -0.39 is 0 Å². The van der Waals surface area contributed by atoms with Crippen molar-refractivity contribution in [1.82, 2.24) is 5.32 Å². The lowest BCUT2D eigenvalue weighted by atomic mass is 10.2. The zero-order chi connectivity index (χ0) is 15.2. The molecule has 1 N–H and O–H groups in total. The number of halogens is 2. The van der Waals surface area contributed by atoms with E-state index in [-0.39, 0.29) is 0 Å². The van der Waals surface area contributed by atoms with Gasteiger partial charge in [0.2, 0.25) is 0 Å². The number of rotatable bonds is 6. The van der Waals surface area contributed by atoms with Crippen molar-refractivity contribution in [3.63, 3.8) is 0 Å². The molecule has 0 aliphatic rings. The van der Waals surface area contributed by atoms with Gasteiger partial charge in [0.05, 0.1) is 0 Å². The Morgan fingerprint density at radius 2 is 1.62 bits per heavy atom. The third kappa shape index (κ3) is 5.23. The molecule has 0 aliphatic carbocycles. The lowest BCUT2D eigenvalue weighted by molar-refractivity contribution is 0.588. The average molecular weight is 340 g/mol. The number of nitrogens with one attached hydrogen (secondary N) is 1. The molecule has 0 radical (unpaired) electrons. The smallest absolute Gasteiger partial charge is 0.0461 e. The quantitative estimate of drug-likeness (QED) is 0.669. The van der Waals surface area contributed by atoms with Crippen LogP contribution in [0.3, 0.4) is 0 Å². The third-order valence-corrected chi connectivity index (χ3v) is 4.83. The molecule has 0 amide bonds. The van der Waals surface area contributed by atoms with E-state index in [1.54, 1.807) is 11.8 Å². The topological polar surface area (TPSA) is 12.0 Å². The Bertz CT molecular complexity index is 562. The number of thioether (sulfide) groups is 1. The monoisotopic (exact) mass is 339 g/mol. The van der Waals surface area contributed by atoms with Crippen molar-refractivity contribution in [2.45, 2.75) is 37.1 Å². The molecule has 0 bridgehead atoms. The van der Waals surface area contributed by atoms with E-state index in [4.69, 9.17) is 23.2 Å². The van der Waals surface area contributed by atoms with Gasteiger partial charge >= 0.3 is 0 Å². The van der Waals surface area contributed by atoms with Crippen LogP contribution in [0, 0.1) is 0 Å². The minimum atomic E-state index is 0.501. The minimum Gasteiger partial charge on any atom is -0.310 e. The fraction of sp³-hybridized carbons (Fsp3) is 0.294. The van der Waals surface area contributed by atoms with Gasteiger partial charge in [-0.3, -0.25) is 0 Å². The van der Waals surface area contributed by atoms with E-state index in [2.05, 4.69) is 43.4 Å². The fourth-order valence-corrected chi connectivity index (χ4v) is 3.49. The SMILES string of the molecule is CC(C)NCc1ccc(SCc2c(Cl)cccc2Cl)cc1. The Balaban J connectivity index is 1.95. The van der Waals surface area contributed by atoms with Crippen LogP contribution in [0.15, 0.2) is 47.4 Å². The molecule has 0 heterocycles. The van der Waals surface area contributed by atoms with Crippen molar-refractivity contribution in [3.05, 3.63) is 63.6 Å². The van der Waals surface area contributed by atoms with E-state index >= 15 is 0 Å². The molecular weight excluding hydrogens is 321 g/mol. The minimum absolute atomic E-state index is 0.501. The first kappa shape index (κ1) is 16.7. The summed E-state index contributed by atoms with van der Waals surface area (Å²) in [5, 5.41) is 4.87. The molecule has 21 heavy (non-hydrogen) atoms. The molecule has 0 aromatic heterocycles. The number of benzene rings is 2. The van der Waals surface area contributed by atoms with Gasteiger partial charge in [-0.2, -0.15) is 0 Å². The summed E-state index contributed by atoms with van der Waals surface area (Å²) in [5.74, 6) is 0.780. The Labute approximate surface area is 141 Å². The molecule has 0 atom stereocenters. The maximum Gasteiger partial charge on any atom is 0.0461 e. The number of hydrogen-bond acceptors (Lipinski definition) is 2. The molecule has 2 rings (SSSR count). The molecule has 4 heteroatoms. The summed E-state index contributed by atoms with van der Waals surface area (Å²) in [6, 6.07) is 14.7. The van der Waals surface area contributed by atoms with Crippen molar-refractivity contribution in [1.29, 1.82) is 0 Å². The number of hydrogen-bond donors (Lipinski definition) is 1. The van der Waals surface area contributed by atoms with E-state index in [0.717, 1.165) is 27.9 Å². The van der Waals surface area contributed by atoms with Gasteiger partial charge in [-0.15, -0.1) is 11.8 Å². The van der Waals surface area contributed by atoms with Crippen LogP contribution in [-0.2, 0) is 12.3 Å². The van der Waals surface area contributed by atoms with E-state index in [9.17, 15) is 0 Å². The Morgan fingerprint density at radius 1 is 1.00 bits per heavy atom. The average Bonchev–Trinajstić information content (AvgIpc) is 2.46. The Morgan fingerprint density at radius 3 is 2.19 bits per heavy atom. The van der Waals surface area contributed by atoms with Gasteiger partial charge in [-0.05, 0) is 35.4 Å². The molecule has 0 saturated carbocycles. The van der Waals surface area contributed by atoms with Crippen LogP contribution in [-0.4, -0.2) is 6.04 Å². The Kier molecular flexibility index (Phi) is 6.43. The van der Waals surface area contributed by atoms with Crippen LogP contribution < -0.4 is 5.32 Å². The molecule has 0 spiro atoms. The zero-order valence-electron chi connectivity index (χ0n) is 12.2. The predicted molar refractivity (Wildman–Crippen MR) is 94.4 cm³/mol. The fourth-order valence-electron chi connectivity index (χ4n) is 1.85. The lowest BCUT2D eigenvalue weighted by Crippen LogP contribution is -2.21. The maximum absolute atomic E-state index is 6.19. The van der Waals surface area contributed by atoms with Gasteiger partial charge in [0.25, 0.3) is 0 Å². The van der Waals surface area contributed by atoms with Crippen LogP contribution in [0.5, 0.6) is 0 Å². The lowest BCUT2D eigenvalue weighted by Gasteiger charge is -2.09. The predicted octanol–water partition coefficient (Wildman–Crippen LogP) is 5.78. The second-order valence-electron chi connectivity index (χ2n) is 5.17. The molecular formula is C17H19Cl2NS. The van der Waals surface area contributed by atoms with Gasteiger partial charge in [-0.25, -0.2) is 0 Å². The summed E-state index contributed by atoms with van der Waals surface area (Å²) in [6.07, 6.45) is 0. The highest BCUT2D eigenvalue weighted by Gasteiger charge is 2.06. The van der Waals surface area contributed by atoms with Crippen LogP contribution >= 0.6 is 35.0 Å². The molecule has 2 aromatic rings. The van der Waals surface area contributed by atoms with Crippen molar-refractivity contribution in [3.8, 4) is 0 Å². The second kappa shape index (κ2) is 8.09. The third-order valence-electron chi connectivity index (χ3n) is 3.08.